The number of imidazole rings is 1. The Morgan fingerprint density at radius 1 is 1.50 bits per heavy atom. The van der Waals surface area contributed by atoms with Gasteiger partial charge in [0.25, 0.3) is 0 Å². The fourth-order valence-electron chi connectivity index (χ4n) is 2.28. The van der Waals surface area contributed by atoms with Gasteiger partial charge in [0.1, 0.15) is 5.52 Å². The van der Waals surface area contributed by atoms with E-state index >= 15 is 0 Å². The summed E-state index contributed by atoms with van der Waals surface area (Å²) in [6.45, 7) is 0.0419. The van der Waals surface area contributed by atoms with Crippen LogP contribution in [0.15, 0.2) is 30.6 Å². The third-order valence-corrected chi connectivity index (χ3v) is 3.05. The first-order valence-electron chi connectivity index (χ1n) is 6.89. The minimum absolute atomic E-state index is 0.00345. The van der Waals surface area contributed by atoms with Gasteiger partial charge in [-0.05, 0) is 6.07 Å². The SMILES string of the molecule is [3H]CC(=O)Nc1nc2ccccc2c2c1ncn2CCO. The van der Waals surface area contributed by atoms with E-state index in [1.54, 1.807) is 6.33 Å². The highest BCUT2D eigenvalue weighted by atomic mass is 16.3. The molecule has 3 rings (SSSR count). The summed E-state index contributed by atoms with van der Waals surface area (Å²) in [5.74, 6) is -0.0894. The average molecular weight is 272 g/mol. The molecule has 2 heterocycles. The van der Waals surface area contributed by atoms with Crippen LogP contribution in [0.1, 0.15) is 8.27 Å². The number of nitrogens with zero attached hydrogens (tertiary/aromatic N) is 3. The van der Waals surface area contributed by atoms with Crippen LogP contribution in [0.2, 0.25) is 0 Å². The number of benzene rings is 1. The highest BCUT2D eigenvalue weighted by Gasteiger charge is 2.14. The van der Waals surface area contributed by atoms with Gasteiger partial charge in [0, 0.05) is 20.2 Å². The first-order chi connectivity index (χ1) is 10.2. The maximum Gasteiger partial charge on any atom is 0.222 e. The normalized spacial score (nSPS) is 11.8. The van der Waals surface area contributed by atoms with Crippen LogP contribution in [0, 0.1) is 0 Å². The lowest BCUT2D eigenvalue weighted by Gasteiger charge is -2.08. The molecule has 3 aromatic rings. The predicted molar refractivity (Wildman–Crippen MR) is 76.4 cm³/mol. The van der Waals surface area contributed by atoms with Gasteiger partial charge in [-0.15, -0.1) is 0 Å². The van der Waals surface area contributed by atoms with Crippen LogP contribution in [0.3, 0.4) is 0 Å². The smallest absolute Gasteiger partial charge is 0.222 e. The van der Waals surface area contributed by atoms with Crippen LogP contribution >= 0.6 is 0 Å². The molecule has 6 heteroatoms. The topological polar surface area (TPSA) is 80.0 Å². The summed E-state index contributed by atoms with van der Waals surface area (Å²) >= 11 is 0. The molecule has 0 fully saturated rings. The second-order valence-corrected chi connectivity index (χ2v) is 4.38. The number of para-hydroxylation sites is 1. The molecule has 1 amide bonds. The lowest BCUT2D eigenvalue weighted by molar-refractivity contribution is -0.114. The Hall–Kier alpha value is -2.47. The molecule has 1 aromatic carbocycles. The van der Waals surface area contributed by atoms with Gasteiger partial charge in [0.05, 0.1) is 24.0 Å². The largest absolute Gasteiger partial charge is 0.395 e. The summed E-state index contributed by atoms with van der Waals surface area (Å²) in [6, 6.07) is 7.55. The molecular weight excluding hydrogens is 256 g/mol. The minimum Gasteiger partial charge on any atom is -0.395 e. The van der Waals surface area contributed by atoms with E-state index in [1.165, 1.54) is 0 Å². The van der Waals surface area contributed by atoms with Crippen molar-refractivity contribution in [2.75, 3.05) is 11.9 Å². The van der Waals surface area contributed by atoms with Crippen molar-refractivity contribution in [3.05, 3.63) is 30.6 Å². The van der Waals surface area contributed by atoms with E-state index < -0.39 is 5.91 Å². The molecule has 0 saturated heterocycles. The maximum absolute atomic E-state index is 11.5. The molecule has 0 aliphatic rings. The summed E-state index contributed by atoms with van der Waals surface area (Å²) < 4.78 is 8.93. The van der Waals surface area contributed by atoms with Crippen molar-refractivity contribution in [3.8, 4) is 0 Å². The van der Waals surface area contributed by atoms with Crippen molar-refractivity contribution in [2.45, 2.75) is 13.4 Å². The van der Waals surface area contributed by atoms with Crippen LogP contribution in [-0.2, 0) is 11.3 Å². The summed E-state index contributed by atoms with van der Waals surface area (Å²) in [4.78, 5) is 20.2. The van der Waals surface area contributed by atoms with E-state index in [9.17, 15) is 4.79 Å². The van der Waals surface area contributed by atoms with E-state index in [2.05, 4.69) is 15.3 Å². The molecule has 0 atom stereocenters. The first-order valence-corrected chi connectivity index (χ1v) is 6.18. The van der Waals surface area contributed by atoms with E-state index in [1.807, 2.05) is 28.8 Å². The Kier molecular flexibility index (Phi) is 2.78. The highest BCUT2D eigenvalue weighted by Crippen LogP contribution is 2.28. The summed E-state index contributed by atoms with van der Waals surface area (Å²) in [7, 11) is 0. The van der Waals surface area contributed by atoms with Gasteiger partial charge in [-0.3, -0.25) is 4.79 Å². The highest BCUT2D eigenvalue weighted by molar-refractivity contribution is 6.09. The number of aliphatic hydroxyl groups is 1. The Morgan fingerprint density at radius 2 is 2.35 bits per heavy atom. The fraction of sp³-hybridized carbons (Fsp3) is 0.214. The molecule has 0 unspecified atom stereocenters. The zero-order valence-corrected chi connectivity index (χ0v) is 10.7. The number of hydrogen-bond acceptors (Lipinski definition) is 4. The monoisotopic (exact) mass is 272 g/mol. The summed E-state index contributed by atoms with van der Waals surface area (Å²) in [6.07, 6.45) is 1.62. The van der Waals surface area contributed by atoms with Crippen molar-refractivity contribution in [1.82, 2.24) is 14.5 Å². The number of aliphatic hydroxyl groups excluding tert-OH is 1. The van der Waals surface area contributed by atoms with Gasteiger partial charge in [-0.1, -0.05) is 18.2 Å². The molecule has 0 aliphatic carbocycles. The van der Waals surface area contributed by atoms with Gasteiger partial charge < -0.3 is 15.0 Å². The molecule has 0 saturated carbocycles. The van der Waals surface area contributed by atoms with Crippen LogP contribution in [-0.4, -0.2) is 32.2 Å². The number of hydrogen-bond donors (Lipinski definition) is 2. The number of anilines is 1. The van der Waals surface area contributed by atoms with Crippen molar-refractivity contribution in [1.29, 1.82) is 0 Å². The Balaban J connectivity index is 2.29. The lowest BCUT2D eigenvalue weighted by atomic mass is 10.2. The number of rotatable bonds is 3. The number of fused-ring (bicyclic) bond motifs is 3. The van der Waals surface area contributed by atoms with Crippen LogP contribution in [0.4, 0.5) is 5.82 Å². The van der Waals surface area contributed by atoms with Crippen molar-refractivity contribution in [2.24, 2.45) is 0 Å². The number of carbonyl (C=O) groups is 1. The Labute approximate surface area is 116 Å². The fourth-order valence-corrected chi connectivity index (χ4v) is 2.28. The first kappa shape index (κ1) is 11.4. The average Bonchev–Trinajstić information content (AvgIpc) is 2.92. The van der Waals surface area contributed by atoms with Gasteiger partial charge in [0.2, 0.25) is 5.91 Å². The van der Waals surface area contributed by atoms with Crippen molar-refractivity contribution >= 4 is 33.7 Å². The molecule has 0 bridgehead atoms. The molecule has 102 valence electrons. The van der Waals surface area contributed by atoms with Gasteiger partial charge in [-0.25, -0.2) is 9.97 Å². The number of pyridine rings is 1. The standard InChI is InChI=1S/C14H14N4O2/c1-9(20)16-14-12-13(18(6-7-19)8-15-12)10-4-2-3-5-11(10)17-14/h2-5,8,19H,6-7H2,1H3,(H,16,17,20)/i1T. The molecule has 0 spiro atoms. The molecule has 6 nitrogen and oxygen atoms in total. The van der Waals surface area contributed by atoms with Crippen molar-refractivity contribution < 1.29 is 11.3 Å². The molecular formula is C14H14N4O2. The Morgan fingerprint density at radius 3 is 3.15 bits per heavy atom. The minimum atomic E-state index is -0.434. The van der Waals surface area contributed by atoms with Gasteiger partial charge in [-0.2, -0.15) is 0 Å². The number of nitrogens with one attached hydrogen (secondary N) is 1. The molecule has 2 aromatic heterocycles. The predicted octanol–water partition coefficient (Wildman–Crippen LogP) is 1.54. The zero-order chi connectivity index (χ0) is 14.8. The van der Waals surface area contributed by atoms with E-state index in [-0.39, 0.29) is 13.5 Å². The molecule has 2 N–H and O–H groups in total. The van der Waals surface area contributed by atoms with Gasteiger partial charge in [0.15, 0.2) is 5.82 Å². The molecule has 0 aliphatic heterocycles. The summed E-state index contributed by atoms with van der Waals surface area (Å²) in [5, 5.41) is 12.7. The van der Waals surface area contributed by atoms with E-state index in [4.69, 9.17) is 6.48 Å². The lowest BCUT2D eigenvalue weighted by Crippen LogP contribution is -2.08. The third kappa shape index (κ3) is 2.00. The second kappa shape index (κ2) is 4.90. The van der Waals surface area contributed by atoms with Crippen LogP contribution in [0.25, 0.3) is 21.9 Å². The van der Waals surface area contributed by atoms with Crippen LogP contribution < -0.4 is 5.32 Å². The summed E-state index contributed by atoms with van der Waals surface area (Å²) in [5.41, 5.74) is 2.10. The second-order valence-electron chi connectivity index (χ2n) is 4.38. The maximum atomic E-state index is 11.5. The van der Waals surface area contributed by atoms with Crippen molar-refractivity contribution in [3.63, 3.8) is 0 Å². The zero-order valence-electron chi connectivity index (χ0n) is 11.7. The molecule has 0 radical (unpaired) electrons. The Bertz CT molecular complexity index is 815. The number of aromatic nitrogens is 3. The quantitative estimate of drug-likeness (QED) is 0.758. The number of carbonyl (C=O) groups excluding carboxylic acids is 1. The third-order valence-electron chi connectivity index (χ3n) is 3.05. The van der Waals surface area contributed by atoms with E-state index in [0.717, 1.165) is 16.4 Å². The van der Waals surface area contributed by atoms with E-state index in [0.29, 0.717) is 17.9 Å². The number of amides is 1. The molecule has 20 heavy (non-hydrogen) atoms. The van der Waals surface area contributed by atoms with Gasteiger partial charge >= 0.3 is 0 Å². The van der Waals surface area contributed by atoms with Crippen LogP contribution in [0.5, 0.6) is 0 Å².